The third kappa shape index (κ3) is 3.06. The van der Waals surface area contributed by atoms with E-state index in [9.17, 15) is 0 Å². The Labute approximate surface area is 147 Å². The summed E-state index contributed by atoms with van der Waals surface area (Å²) in [6.45, 7) is 6.10. The topological polar surface area (TPSA) is 64.9 Å². The van der Waals surface area contributed by atoms with Crippen molar-refractivity contribution in [2.45, 2.75) is 12.5 Å². The van der Waals surface area contributed by atoms with Gasteiger partial charge in [-0.3, -0.25) is 0 Å². The van der Waals surface area contributed by atoms with Gasteiger partial charge in [-0.2, -0.15) is 0 Å². The van der Waals surface area contributed by atoms with Crippen LogP contribution in [0, 0.1) is 0 Å². The average molecular weight is 338 g/mol. The molecule has 0 aliphatic carbocycles. The molecule has 0 bridgehead atoms. The van der Waals surface area contributed by atoms with Crippen molar-refractivity contribution in [3.05, 3.63) is 71.3 Å². The van der Waals surface area contributed by atoms with Crippen molar-refractivity contribution in [2.75, 3.05) is 6.54 Å². The maximum Gasteiger partial charge on any atom is 0.0730 e. The average Bonchev–Trinajstić information content (AvgIpc) is 2.61. The third-order valence-corrected chi connectivity index (χ3v) is 4.60. The first kappa shape index (κ1) is 16.7. The molecule has 4 heteroatoms. The molecule has 1 unspecified atom stereocenters. The van der Waals surface area contributed by atoms with Crippen LogP contribution in [0.15, 0.2) is 55.1 Å². The number of hydrogen-bond acceptors (Lipinski definition) is 3. The molecule has 0 spiro atoms. The zero-order chi connectivity index (χ0) is 17.3. The molecule has 1 atom stereocenters. The highest BCUT2D eigenvalue weighted by Gasteiger charge is 2.18. The minimum atomic E-state index is -0.536. The molecule has 2 aromatic carbocycles. The Balaban J connectivity index is 2.07. The van der Waals surface area contributed by atoms with E-state index in [1.165, 1.54) is 0 Å². The SMILES string of the molecule is C=Cc1ccc2c(Cl)cc(-c3ccc(C(C)(N)CN)cc3)nc2c1. The van der Waals surface area contributed by atoms with Gasteiger partial charge in [0, 0.05) is 17.5 Å². The van der Waals surface area contributed by atoms with Gasteiger partial charge < -0.3 is 11.5 Å². The Morgan fingerprint density at radius 3 is 2.50 bits per heavy atom. The third-order valence-electron chi connectivity index (χ3n) is 4.28. The molecule has 3 aromatic rings. The Morgan fingerprint density at radius 2 is 1.88 bits per heavy atom. The van der Waals surface area contributed by atoms with Gasteiger partial charge in [0.2, 0.25) is 0 Å². The molecule has 1 aromatic heterocycles. The summed E-state index contributed by atoms with van der Waals surface area (Å²) in [6, 6.07) is 15.8. The number of benzene rings is 2. The summed E-state index contributed by atoms with van der Waals surface area (Å²) in [4.78, 5) is 4.74. The highest BCUT2D eigenvalue weighted by Crippen LogP contribution is 2.29. The van der Waals surface area contributed by atoms with Gasteiger partial charge in [-0.15, -0.1) is 0 Å². The molecule has 122 valence electrons. The molecule has 0 amide bonds. The van der Waals surface area contributed by atoms with Crippen LogP contribution in [-0.4, -0.2) is 11.5 Å². The summed E-state index contributed by atoms with van der Waals surface area (Å²) < 4.78 is 0. The summed E-state index contributed by atoms with van der Waals surface area (Å²) >= 11 is 6.43. The van der Waals surface area contributed by atoms with Crippen molar-refractivity contribution in [3.63, 3.8) is 0 Å². The molecule has 0 saturated carbocycles. The van der Waals surface area contributed by atoms with E-state index in [4.69, 9.17) is 28.1 Å². The first-order valence-electron chi connectivity index (χ1n) is 7.77. The monoisotopic (exact) mass is 337 g/mol. The standard InChI is InChI=1S/C20H20ClN3/c1-3-13-4-9-16-17(21)11-18(24-19(16)10-13)14-5-7-15(8-6-14)20(2,23)12-22/h3-11H,1,12,22-23H2,2H3. The molecule has 1 heterocycles. The van der Waals surface area contributed by atoms with E-state index >= 15 is 0 Å². The van der Waals surface area contributed by atoms with Crippen molar-refractivity contribution in [1.29, 1.82) is 0 Å². The number of fused-ring (bicyclic) bond motifs is 1. The molecule has 3 nitrogen and oxygen atoms in total. The molecule has 0 fully saturated rings. The largest absolute Gasteiger partial charge is 0.328 e. The van der Waals surface area contributed by atoms with Gasteiger partial charge in [-0.05, 0) is 30.2 Å². The summed E-state index contributed by atoms with van der Waals surface area (Å²) in [6.07, 6.45) is 1.80. The second-order valence-corrected chi connectivity index (χ2v) is 6.58. The van der Waals surface area contributed by atoms with E-state index in [0.29, 0.717) is 11.6 Å². The van der Waals surface area contributed by atoms with E-state index in [-0.39, 0.29) is 0 Å². The van der Waals surface area contributed by atoms with Crippen molar-refractivity contribution >= 4 is 28.6 Å². The van der Waals surface area contributed by atoms with Gasteiger partial charge in [-0.1, -0.05) is 60.7 Å². The molecule has 3 rings (SSSR count). The van der Waals surface area contributed by atoms with Crippen molar-refractivity contribution in [2.24, 2.45) is 11.5 Å². The Hall–Kier alpha value is -2.20. The Morgan fingerprint density at radius 1 is 1.17 bits per heavy atom. The smallest absolute Gasteiger partial charge is 0.0730 e. The predicted octanol–water partition coefficient (Wildman–Crippen LogP) is 4.33. The predicted molar refractivity (Wildman–Crippen MR) is 103 cm³/mol. The van der Waals surface area contributed by atoms with Crippen molar-refractivity contribution < 1.29 is 0 Å². The van der Waals surface area contributed by atoms with E-state index in [1.807, 2.05) is 55.5 Å². The summed E-state index contributed by atoms with van der Waals surface area (Å²) in [5.74, 6) is 0. The maximum atomic E-state index is 6.43. The normalized spacial score (nSPS) is 13.7. The van der Waals surface area contributed by atoms with Crippen LogP contribution in [0.25, 0.3) is 28.2 Å². The number of hydrogen-bond donors (Lipinski definition) is 2. The molecular weight excluding hydrogens is 318 g/mol. The van der Waals surface area contributed by atoms with Crippen LogP contribution in [0.4, 0.5) is 0 Å². The lowest BCUT2D eigenvalue weighted by Gasteiger charge is -2.23. The zero-order valence-electron chi connectivity index (χ0n) is 13.6. The summed E-state index contributed by atoms with van der Waals surface area (Å²) in [5, 5.41) is 1.61. The number of halogens is 1. The highest BCUT2D eigenvalue weighted by molar-refractivity contribution is 6.35. The molecule has 0 aliphatic rings. The van der Waals surface area contributed by atoms with Crippen LogP contribution in [-0.2, 0) is 5.54 Å². The van der Waals surface area contributed by atoms with Crippen molar-refractivity contribution in [1.82, 2.24) is 4.98 Å². The zero-order valence-corrected chi connectivity index (χ0v) is 14.3. The van der Waals surface area contributed by atoms with Gasteiger partial charge in [0.05, 0.1) is 21.8 Å². The van der Waals surface area contributed by atoms with Gasteiger partial charge in [0.15, 0.2) is 0 Å². The molecular formula is C20H20ClN3. The Bertz CT molecular complexity index is 899. The lowest BCUT2D eigenvalue weighted by atomic mass is 9.92. The lowest BCUT2D eigenvalue weighted by Crippen LogP contribution is -2.40. The first-order valence-corrected chi connectivity index (χ1v) is 8.15. The molecule has 24 heavy (non-hydrogen) atoms. The number of rotatable bonds is 4. The molecule has 4 N–H and O–H groups in total. The fraction of sp³-hybridized carbons (Fsp3) is 0.150. The summed E-state index contributed by atoms with van der Waals surface area (Å²) in [7, 11) is 0. The molecule has 0 radical (unpaired) electrons. The van der Waals surface area contributed by atoms with Crippen LogP contribution < -0.4 is 11.5 Å². The Kier molecular flexibility index (Phi) is 4.41. The van der Waals surface area contributed by atoms with E-state index in [2.05, 4.69) is 6.58 Å². The van der Waals surface area contributed by atoms with Crippen molar-refractivity contribution in [3.8, 4) is 11.3 Å². The highest BCUT2D eigenvalue weighted by atomic mass is 35.5. The number of nitrogens with two attached hydrogens (primary N) is 2. The number of aromatic nitrogens is 1. The molecule has 0 saturated heterocycles. The molecule has 0 aliphatic heterocycles. The van der Waals surface area contributed by atoms with Gasteiger partial charge >= 0.3 is 0 Å². The van der Waals surface area contributed by atoms with Gasteiger partial charge in [0.25, 0.3) is 0 Å². The lowest BCUT2D eigenvalue weighted by molar-refractivity contribution is 0.508. The fourth-order valence-electron chi connectivity index (χ4n) is 2.62. The van der Waals surface area contributed by atoms with Crippen LogP contribution in [0.3, 0.4) is 0 Å². The van der Waals surface area contributed by atoms with Gasteiger partial charge in [-0.25, -0.2) is 4.98 Å². The fourth-order valence-corrected chi connectivity index (χ4v) is 2.88. The number of pyridine rings is 1. The van der Waals surface area contributed by atoms with E-state index in [0.717, 1.165) is 33.3 Å². The minimum Gasteiger partial charge on any atom is -0.328 e. The second kappa shape index (κ2) is 6.36. The van der Waals surface area contributed by atoms with Crippen LogP contribution >= 0.6 is 11.6 Å². The number of nitrogens with zero attached hydrogens (tertiary/aromatic N) is 1. The quantitative estimate of drug-likeness (QED) is 0.744. The van der Waals surface area contributed by atoms with Gasteiger partial charge in [0.1, 0.15) is 0 Å². The van der Waals surface area contributed by atoms with Crippen LogP contribution in [0.5, 0.6) is 0 Å². The summed E-state index contributed by atoms with van der Waals surface area (Å²) in [5.41, 5.74) is 16.1. The van der Waals surface area contributed by atoms with E-state index < -0.39 is 5.54 Å². The van der Waals surface area contributed by atoms with Crippen LogP contribution in [0.2, 0.25) is 5.02 Å². The maximum absolute atomic E-state index is 6.43. The van der Waals surface area contributed by atoms with Crippen LogP contribution in [0.1, 0.15) is 18.1 Å². The van der Waals surface area contributed by atoms with E-state index in [1.54, 1.807) is 6.08 Å². The second-order valence-electron chi connectivity index (χ2n) is 6.17. The minimum absolute atomic E-state index is 0.386. The first-order chi connectivity index (χ1) is 11.4.